The molecule has 1 fully saturated rings. The molecule has 4 N–H and O–H groups in total. The standard InChI is InChI=1S/C20H22N4O3/c25-17(24-20(27)23-16-11-12-16)13-21-18(14-7-3-1-4-8-14)19(26)22-15-9-5-2-6-10-15/h1-10,16,18,21H,11-13H2,(H,22,26)(H2,23,24,25,27)/t18-/m0/s1. The minimum Gasteiger partial charge on any atom is -0.335 e. The molecular weight excluding hydrogens is 344 g/mol. The molecule has 0 radical (unpaired) electrons. The number of amides is 4. The van der Waals surface area contributed by atoms with E-state index in [0.29, 0.717) is 5.69 Å². The summed E-state index contributed by atoms with van der Waals surface area (Å²) in [6, 6.07) is 17.1. The largest absolute Gasteiger partial charge is 0.335 e. The number of carbonyl (C=O) groups is 3. The van der Waals surface area contributed by atoms with Gasteiger partial charge in [-0.3, -0.25) is 20.2 Å². The minimum absolute atomic E-state index is 0.166. The number of carbonyl (C=O) groups excluding carboxylic acids is 3. The molecule has 1 atom stereocenters. The van der Waals surface area contributed by atoms with Crippen molar-refractivity contribution >= 4 is 23.5 Å². The van der Waals surface area contributed by atoms with Gasteiger partial charge in [0.05, 0.1) is 6.54 Å². The van der Waals surface area contributed by atoms with Gasteiger partial charge < -0.3 is 10.6 Å². The van der Waals surface area contributed by atoms with Crippen LogP contribution in [0.4, 0.5) is 10.5 Å². The maximum absolute atomic E-state index is 12.7. The molecule has 1 saturated carbocycles. The number of anilines is 1. The van der Waals surface area contributed by atoms with Gasteiger partial charge in [-0.05, 0) is 30.5 Å². The number of hydrogen-bond donors (Lipinski definition) is 4. The van der Waals surface area contributed by atoms with Gasteiger partial charge in [-0.15, -0.1) is 0 Å². The molecule has 1 aliphatic carbocycles. The Balaban J connectivity index is 1.60. The molecule has 7 heteroatoms. The van der Waals surface area contributed by atoms with Crippen molar-refractivity contribution in [3.63, 3.8) is 0 Å². The van der Waals surface area contributed by atoms with E-state index in [2.05, 4.69) is 21.3 Å². The van der Waals surface area contributed by atoms with Gasteiger partial charge in [-0.25, -0.2) is 4.79 Å². The first-order valence-electron chi connectivity index (χ1n) is 8.86. The summed E-state index contributed by atoms with van der Waals surface area (Å²) in [4.78, 5) is 36.4. The second-order valence-electron chi connectivity index (χ2n) is 6.38. The zero-order valence-corrected chi connectivity index (χ0v) is 14.8. The van der Waals surface area contributed by atoms with Crippen molar-refractivity contribution in [2.24, 2.45) is 0 Å². The molecule has 0 bridgehead atoms. The first-order valence-corrected chi connectivity index (χ1v) is 8.86. The van der Waals surface area contributed by atoms with Crippen LogP contribution in [0.3, 0.4) is 0 Å². The van der Waals surface area contributed by atoms with Gasteiger partial charge >= 0.3 is 6.03 Å². The first-order chi connectivity index (χ1) is 13.1. The molecule has 0 saturated heterocycles. The van der Waals surface area contributed by atoms with Gasteiger partial charge in [0, 0.05) is 11.7 Å². The van der Waals surface area contributed by atoms with E-state index in [4.69, 9.17) is 0 Å². The SMILES string of the molecule is O=C(CN[C@H](C(=O)Nc1ccccc1)c1ccccc1)NC(=O)NC1CC1. The van der Waals surface area contributed by atoms with Gasteiger partial charge in [-0.1, -0.05) is 48.5 Å². The molecule has 0 aliphatic heterocycles. The van der Waals surface area contributed by atoms with Crippen LogP contribution in [0, 0.1) is 0 Å². The van der Waals surface area contributed by atoms with E-state index >= 15 is 0 Å². The summed E-state index contributed by atoms with van der Waals surface area (Å²) in [5.41, 5.74) is 1.39. The predicted octanol–water partition coefficient (Wildman–Crippen LogP) is 1.94. The van der Waals surface area contributed by atoms with Crippen molar-refractivity contribution in [2.45, 2.75) is 24.9 Å². The van der Waals surface area contributed by atoms with Crippen LogP contribution in [0.25, 0.3) is 0 Å². The summed E-state index contributed by atoms with van der Waals surface area (Å²) < 4.78 is 0. The van der Waals surface area contributed by atoms with Crippen LogP contribution < -0.4 is 21.3 Å². The number of urea groups is 1. The van der Waals surface area contributed by atoms with E-state index in [9.17, 15) is 14.4 Å². The van der Waals surface area contributed by atoms with Gasteiger partial charge in [0.15, 0.2) is 0 Å². The number of nitrogens with one attached hydrogen (secondary N) is 4. The molecule has 0 spiro atoms. The second-order valence-corrected chi connectivity index (χ2v) is 6.38. The average Bonchev–Trinajstić information content (AvgIpc) is 3.47. The zero-order chi connectivity index (χ0) is 19.1. The van der Waals surface area contributed by atoms with E-state index in [-0.39, 0.29) is 18.5 Å². The molecule has 0 heterocycles. The zero-order valence-electron chi connectivity index (χ0n) is 14.8. The van der Waals surface area contributed by atoms with Gasteiger partial charge in [0.2, 0.25) is 11.8 Å². The lowest BCUT2D eigenvalue weighted by Gasteiger charge is -2.18. The van der Waals surface area contributed by atoms with Crippen LogP contribution in [0.5, 0.6) is 0 Å². The molecule has 7 nitrogen and oxygen atoms in total. The predicted molar refractivity (Wildman–Crippen MR) is 102 cm³/mol. The highest BCUT2D eigenvalue weighted by atomic mass is 16.2. The molecule has 2 aromatic carbocycles. The Hall–Kier alpha value is -3.19. The Morgan fingerprint density at radius 2 is 1.56 bits per heavy atom. The highest BCUT2D eigenvalue weighted by Gasteiger charge is 2.25. The molecule has 3 rings (SSSR count). The Morgan fingerprint density at radius 3 is 2.19 bits per heavy atom. The fourth-order valence-corrected chi connectivity index (χ4v) is 2.56. The number of rotatable bonds is 7. The van der Waals surface area contributed by atoms with Crippen LogP contribution in [-0.2, 0) is 9.59 Å². The lowest BCUT2D eigenvalue weighted by atomic mass is 10.1. The van der Waals surface area contributed by atoms with E-state index in [1.54, 1.807) is 24.3 Å². The molecule has 2 aromatic rings. The summed E-state index contributed by atoms with van der Waals surface area (Å²) in [6.45, 7) is -0.167. The third-order valence-corrected chi connectivity index (χ3v) is 4.07. The lowest BCUT2D eigenvalue weighted by molar-refractivity contribution is -0.120. The Labute approximate surface area is 157 Å². The van der Waals surface area contributed by atoms with E-state index in [1.807, 2.05) is 36.4 Å². The Morgan fingerprint density at radius 1 is 0.926 bits per heavy atom. The monoisotopic (exact) mass is 366 g/mol. The van der Waals surface area contributed by atoms with Crippen LogP contribution in [0.1, 0.15) is 24.4 Å². The quantitative estimate of drug-likeness (QED) is 0.602. The number of benzene rings is 2. The highest BCUT2D eigenvalue weighted by molar-refractivity contribution is 5.97. The van der Waals surface area contributed by atoms with Crippen LogP contribution in [0.2, 0.25) is 0 Å². The van der Waals surface area contributed by atoms with E-state index < -0.39 is 18.0 Å². The highest BCUT2D eigenvalue weighted by Crippen LogP contribution is 2.18. The smallest absolute Gasteiger partial charge is 0.321 e. The van der Waals surface area contributed by atoms with Crippen molar-refractivity contribution in [3.8, 4) is 0 Å². The van der Waals surface area contributed by atoms with E-state index in [1.165, 1.54) is 0 Å². The molecule has 1 aliphatic rings. The number of imide groups is 1. The van der Waals surface area contributed by atoms with E-state index in [0.717, 1.165) is 18.4 Å². The van der Waals surface area contributed by atoms with Gasteiger partial charge in [-0.2, -0.15) is 0 Å². The topological polar surface area (TPSA) is 99.3 Å². The van der Waals surface area contributed by atoms with Crippen molar-refractivity contribution in [2.75, 3.05) is 11.9 Å². The number of para-hydroxylation sites is 1. The molecule has 4 amide bonds. The molecule has 0 unspecified atom stereocenters. The van der Waals surface area contributed by atoms with Crippen molar-refractivity contribution in [3.05, 3.63) is 66.2 Å². The Kier molecular flexibility index (Phi) is 6.17. The van der Waals surface area contributed by atoms with Crippen molar-refractivity contribution in [1.29, 1.82) is 0 Å². The van der Waals surface area contributed by atoms with Gasteiger partial charge in [0.25, 0.3) is 0 Å². The summed E-state index contributed by atoms with van der Waals surface area (Å²) >= 11 is 0. The minimum atomic E-state index is -0.733. The second kappa shape index (κ2) is 8.95. The normalized spacial score (nSPS) is 14.1. The molecule has 27 heavy (non-hydrogen) atoms. The van der Waals surface area contributed by atoms with Crippen molar-refractivity contribution in [1.82, 2.24) is 16.0 Å². The third kappa shape index (κ3) is 5.93. The molecule has 140 valence electrons. The summed E-state index contributed by atoms with van der Waals surface area (Å²) in [6.07, 6.45) is 1.88. The van der Waals surface area contributed by atoms with Crippen molar-refractivity contribution < 1.29 is 14.4 Å². The fraction of sp³-hybridized carbons (Fsp3) is 0.250. The molecular formula is C20H22N4O3. The molecule has 0 aromatic heterocycles. The Bertz CT molecular complexity index is 791. The van der Waals surface area contributed by atoms with Crippen LogP contribution in [-0.4, -0.2) is 30.4 Å². The summed E-state index contributed by atoms with van der Waals surface area (Å²) in [7, 11) is 0. The first kappa shape index (κ1) is 18.6. The fourth-order valence-electron chi connectivity index (χ4n) is 2.56. The van der Waals surface area contributed by atoms with Crippen LogP contribution >= 0.6 is 0 Å². The summed E-state index contributed by atoms with van der Waals surface area (Å²) in [5.74, 6) is -0.788. The summed E-state index contributed by atoms with van der Waals surface area (Å²) in [5, 5.41) is 10.7. The van der Waals surface area contributed by atoms with Crippen LogP contribution in [0.15, 0.2) is 60.7 Å². The lowest BCUT2D eigenvalue weighted by Crippen LogP contribution is -2.45. The number of hydrogen-bond acceptors (Lipinski definition) is 4. The maximum Gasteiger partial charge on any atom is 0.321 e. The third-order valence-electron chi connectivity index (χ3n) is 4.07. The average molecular weight is 366 g/mol. The van der Waals surface area contributed by atoms with Gasteiger partial charge in [0.1, 0.15) is 6.04 Å². The maximum atomic E-state index is 12.7.